The van der Waals surface area contributed by atoms with Crippen molar-refractivity contribution in [1.29, 1.82) is 5.26 Å². The minimum Gasteiger partial charge on any atom is -0.357 e. The summed E-state index contributed by atoms with van der Waals surface area (Å²) in [5.74, 6) is 2.76. The molecule has 150 valence electrons. The Morgan fingerprint density at radius 2 is 1.79 bits per heavy atom. The Hall–Kier alpha value is -2.58. The molecular weight excluding hydrogens is 358 g/mol. The fraction of sp³-hybridized carbons (Fsp3) is 0.500. The number of imidazole rings is 1. The van der Waals surface area contributed by atoms with Gasteiger partial charge in [0.05, 0.1) is 16.6 Å². The molecule has 3 aromatic rings. The highest BCUT2D eigenvalue weighted by atomic mass is 15.3. The minimum atomic E-state index is 0. The lowest BCUT2D eigenvalue weighted by molar-refractivity contribution is 0.392. The maximum atomic E-state index is 10.1. The zero-order chi connectivity index (χ0) is 19.0. The molecule has 0 amide bonds. The third-order valence-corrected chi connectivity index (χ3v) is 7.04. The number of pyridine rings is 1. The second-order valence-electron chi connectivity index (χ2n) is 9.63. The lowest BCUT2D eigenvalue weighted by Crippen LogP contribution is -2.28. The molecule has 0 saturated carbocycles. The molecule has 5 nitrogen and oxygen atoms in total. The molecule has 0 bridgehead atoms. The number of fused-ring (bicyclic) bond motifs is 5. The Balaban J connectivity index is 0.00000181. The average molecular weight is 388 g/mol. The van der Waals surface area contributed by atoms with Gasteiger partial charge in [0, 0.05) is 26.2 Å². The van der Waals surface area contributed by atoms with Crippen LogP contribution >= 0.6 is 0 Å². The van der Waals surface area contributed by atoms with Crippen molar-refractivity contribution in [3.63, 3.8) is 0 Å². The summed E-state index contributed by atoms with van der Waals surface area (Å²) < 4.78 is 2.29. The summed E-state index contributed by atoms with van der Waals surface area (Å²) in [5, 5.41) is 13.6. The molecule has 2 aromatic heterocycles. The van der Waals surface area contributed by atoms with Gasteiger partial charge in [0.15, 0.2) is 5.65 Å². The predicted molar refractivity (Wildman–Crippen MR) is 117 cm³/mol. The quantitative estimate of drug-likeness (QED) is 0.690. The van der Waals surface area contributed by atoms with E-state index in [1.807, 2.05) is 6.07 Å². The SMILES string of the molecule is C.CC1(C)Cc2c(c(N3C[C@H]4CNC[C@@H]4C3)n3c(nc4ccccc43)c2C#N)C1. The zero-order valence-electron chi connectivity index (χ0n) is 16.5. The predicted octanol–water partition coefficient (Wildman–Crippen LogP) is 3.78. The topological polar surface area (TPSA) is 56.4 Å². The molecule has 5 heteroatoms. The number of nitrogens with one attached hydrogen (secondary N) is 1. The monoisotopic (exact) mass is 387 g/mol. The van der Waals surface area contributed by atoms with Gasteiger partial charge >= 0.3 is 0 Å². The van der Waals surface area contributed by atoms with Crippen LogP contribution in [0.25, 0.3) is 16.7 Å². The Kier molecular flexibility index (Phi) is 3.95. The van der Waals surface area contributed by atoms with E-state index in [0.717, 1.165) is 73.1 Å². The van der Waals surface area contributed by atoms with E-state index >= 15 is 0 Å². The number of anilines is 1. The maximum absolute atomic E-state index is 10.1. The van der Waals surface area contributed by atoms with Crippen molar-refractivity contribution in [1.82, 2.24) is 14.7 Å². The van der Waals surface area contributed by atoms with Crippen molar-refractivity contribution in [3.05, 3.63) is 41.0 Å². The molecule has 1 aliphatic carbocycles. The van der Waals surface area contributed by atoms with Gasteiger partial charge in [-0.3, -0.25) is 4.40 Å². The van der Waals surface area contributed by atoms with Gasteiger partial charge in [0.1, 0.15) is 11.9 Å². The third kappa shape index (κ3) is 2.52. The number of nitrogens with zero attached hydrogens (tertiary/aromatic N) is 4. The van der Waals surface area contributed by atoms with E-state index in [4.69, 9.17) is 4.98 Å². The van der Waals surface area contributed by atoms with E-state index in [0.29, 0.717) is 0 Å². The van der Waals surface area contributed by atoms with Crippen LogP contribution in [0.5, 0.6) is 0 Å². The summed E-state index contributed by atoms with van der Waals surface area (Å²) in [4.78, 5) is 7.51. The summed E-state index contributed by atoms with van der Waals surface area (Å²) in [5.41, 5.74) is 6.52. The first-order valence-corrected chi connectivity index (χ1v) is 10.4. The molecule has 3 aliphatic rings. The highest BCUT2D eigenvalue weighted by Gasteiger charge is 2.41. The molecule has 2 aliphatic heterocycles. The van der Waals surface area contributed by atoms with E-state index in [1.165, 1.54) is 16.9 Å². The van der Waals surface area contributed by atoms with Gasteiger partial charge in [-0.25, -0.2) is 4.98 Å². The fourth-order valence-corrected chi connectivity index (χ4v) is 5.84. The van der Waals surface area contributed by atoms with Crippen molar-refractivity contribution in [2.75, 3.05) is 31.1 Å². The lowest BCUT2D eigenvalue weighted by atomic mass is 9.90. The number of para-hydroxylation sites is 2. The van der Waals surface area contributed by atoms with Crippen molar-refractivity contribution in [2.45, 2.75) is 34.1 Å². The molecule has 0 unspecified atom stereocenters. The summed E-state index contributed by atoms with van der Waals surface area (Å²) in [6.45, 7) is 9.08. The van der Waals surface area contributed by atoms with Gasteiger partial charge in [-0.15, -0.1) is 0 Å². The highest BCUT2D eigenvalue weighted by molar-refractivity contribution is 5.87. The standard InChI is InChI=1S/C23H25N5.CH4/c1-23(2)7-16-17(8-23)22(27-12-14-10-25-11-15(14)13-27)28-20-6-4-3-5-19(20)26-21(28)18(16)9-24;/h3-6,14-15,25H,7-8,10-13H2,1-2H3;1H4/t14-,15-;/m1./s1. The first-order valence-electron chi connectivity index (χ1n) is 10.4. The molecule has 2 saturated heterocycles. The van der Waals surface area contributed by atoms with Crippen molar-refractivity contribution in [3.8, 4) is 6.07 Å². The largest absolute Gasteiger partial charge is 0.357 e. The zero-order valence-corrected chi connectivity index (χ0v) is 16.5. The number of hydrogen-bond acceptors (Lipinski definition) is 4. The molecular formula is C24H29N5. The molecule has 0 radical (unpaired) electrons. The molecule has 29 heavy (non-hydrogen) atoms. The number of hydrogen-bond donors (Lipinski definition) is 1. The lowest BCUT2D eigenvalue weighted by Gasteiger charge is -2.25. The molecule has 2 fully saturated rings. The molecule has 1 aromatic carbocycles. The van der Waals surface area contributed by atoms with Crippen molar-refractivity contribution < 1.29 is 0 Å². The minimum absolute atomic E-state index is 0. The molecule has 6 rings (SSSR count). The Labute approximate surface area is 172 Å². The molecule has 2 atom stereocenters. The molecule has 4 heterocycles. The van der Waals surface area contributed by atoms with Crippen molar-refractivity contribution >= 4 is 22.5 Å². The van der Waals surface area contributed by atoms with Crippen LogP contribution in [-0.2, 0) is 12.8 Å². The Morgan fingerprint density at radius 3 is 2.52 bits per heavy atom. The Morgan fingerprint density at radius 1 is 1.10 bits per heavy atom. The van der Waals surface area contributed by atoms with Gasteiger partial charge in [0.2, 0.25) is 0 Å². The summed E-state index contributed by atoms with van der Waals surface area (Å²) in [6.07, 6.45) is 1.99. The van der Waals surface area contributed by atoms with Crippen LogP contribution in [0.2, 0.25) is 0 Å². The van der Waals surface area contributed by atoms with E-state index < -0.39 is 0 Å². The van der Waals surface area contributed by atoms with Crippen LogP contribution in [-0.4, -0.2) is 35.6 Å². The normalized spacial score (nSPS) is 24.5. The van der Waals surface area contributed by atoms with Gasteiger partial charge in [-0.2, -0.15) is 5.26 Å². The second-order valence-corrected chi connectivity index (χ2v) is 9.63. The van der Waals surface area contributed by atoms with E-state index in [2.05, 4.69) is 52.7 Å². The smallest absolute Gasteiger partial charge is 0.157 e. The average Bonchev–Trinajstić information content (AvgIpc) is 3.39. The van der Waals surface area contributed by atoms with Crippen LogP contribution in [0.15, 0.2) is 24.3 Å². The third-order valence-electron chi connectivity index (χ3n) is 7.04. The number of nitriles is 1. The van der Waals surface area contributed by atoms with Crippen molar-refractivity contribution in [2.24, 2.45) is 17.3 Å². The van der Waals surface area contributed by atoms with Crippen LogP contribution in [0.3, 0.4) is 0 Å². The number of aromatic nitrogens is 2. The molecule has 1 N–H and O–H groups in total. The van der Waals surface area contributed by atoms with Gasteiger partial charge in [-0.1, -0.05) is 33.4 Å². The number of rotatable bonds is 1. The van der Waals surface area contributed by atoms with Crippen LogP contribution < -0.4 is 10.2 Å². The van der Waals surface area contributed by atoms with E-state index in [-0.39, 0.29) is 12.8 Å². The van der Waals surface area contributed by atoms with Gasteiger partial charge < -0.3 is 10.2 Å². The maximum Gasteiger partial charge on any atom is 0.157 e. The summed E-state index contributed by atoms with van der Waals surface area (Å²) >= 11 is 0. The van der Waals surface area contributed by atoms with Gasteiger partial charge in [-0.05, 0) is 53.4 Å². The second kappa shape index (κ2) is 6.21. The van der Waals surface area contributed by atoms with Crippen LogP contribution in [0.1, 0.15) is 38.0 Å². The Bertz CT molecular complexity index is 1150. The van der Waals surface area contributed by atoms with Crippen LogP contribution in [0, 0.1) is 28.6 Å². The first-order chi connectivity index (χ1) is 13.6. The fourth-order valence-electron chi connectivity index (χ4n) is 5.84. The summed E-state index contributed by atoms with van der Waals surface area (Å²) in [6, 6.07) is 10.8. The summed E-state index contributed by atoms with van der Waals surface area (Å²) in [7, 11) is 0. The van der Waals surface area contributed by atoms with E-state index in [1.54, 1.807) is 0 Å². The first kappa shape index (κ1) is 18.4. The number of benzene rings is 1. The van der Waals surface area contributed by atoms with E-state index in [9.17, 15) is 5.26 Å². The highest BCUT2D eigenvalue weighted by Crippen LogP contribution is 2.46. The van der Waals surface area contributed by atoms with Gasteiger partial charge in [0.25, 0.3) is 0 Å². The van der Waals surface area contributed by atoms with Crippen LogP contribution in [0.4, 0.5) is 5.82 Å². The molecule has 0 spiro atoms.